The molecule has 0 spiro atoms. The molecule has 0 fully saturated rings. The third kappa shape index (κ3) is 3.21. The molecule has 2 nitrogen and oxygen atoms in total. The normalized spacial score (nSPS) is 14.8. The van der Waals surface area contributed by atoms with Crippen LogP contribution in [0.3, 0.4) is 0 Å². The van der Waals surface area contributed by atoms with E-state index in [0.717, 1.165) is 12.1 Å². The lowest BCUT2D eigenvalue weighted by Crippen LogP contribution is -1.81. The molecule has 2 heteroatoms. The molecule has 0 atom stereocenters. The molecular weight excluding hydrogens is 136 g/mol. The summed E-state index contributed by atoms with van der Waals surface area (Å²) in [6.07, 6.45) is 9.79. The Kier molecular flexibility index (Phi) is 3.73. The summed E-state index contributed by atoms with van der Waals surface area (Å²) in [6.45, 7) is 2.22. The molecule has 0 unspecified atom stereocenters. The molecule has 1 aliphatic heterocycles. The molecule has 0 aromatic carbocycles. The highest BCUT2D eigenvalue weighted by Gasteiger charge is 1.98. The van der Waals surface area contributed by atoms with E-state index in [1.54, 1.807) is 6.34 Å². The van der Waals surface area contributed by atoms with Gasteiger partial charge in [0, 0.05) is 0 Å². The first kappa shape index (κ1) is 8.31. The van der Waals surface area contributed by atoms with Gasteiger partial charge in [-0.15, -0.1) is 0 Å². The maximum absolute atomic E-state index is 4.10. The number of nitrogens with zero attached hydrogens (tertiary/aromatic N) is 2. The number of aliphatic imine (C=N–C) groups is 1. The minimum Gasteiger partial charge on any atom is -0.243 e. The van der Waals surface area contributed by atoms with Crippen molar-refractivity contribution in [2.75, 3.05) is 0 Å². The zero-order valence-electron chi connectivity index (χ0n) is 7.08. The van der Waals surface area contributed by atoms with Gasteiger partial charge in [-0.05, 0) is 12.8 Å². The van der Waals surface area contributed by atoms with Crippen LogP contribution in [-0.4, -0.2) is 6.34 Å². The van der Waals surface area contributed by atoms with Gasteiger partial charge in [0.25, 0.3) is 0 Å². The van der Waals surface area contributed by atoms with Crippen LogP contribution in [0.15, 0.2) is 16.9 Å². The monoisotopic (exact) mass is 151 g/mol. The molecule has 0 bridgehead atoms. The summed E-state index contributed by atoms with van der Waals surface area (Å²) in [5, 5.41) is 3.91. The standard InChI is InChI=1S/C9H15N2/c1-2-3-4-5-6-9-7-10-8-11-9/h7-8H,2-6H2,1H3. The molecule has 1 rings (SSSR count). The molecule has 0 aromatic rings. The van der Waals surface area contributed by atoms with E-state index in [4.69, 9.17) is 0 Å². The molecule has 0 aromatic heterocycles. The molecule has 1 radical (unpaired) electrons. The maximum Gasteiger partial charge on any atom is 0.115 e. The molecule has 1 aliphatic rings. The van der Waals surface area contributed by atoms with Crippen LogP contribution in [0.4, 0.5) is 0 Å². The van der Waals surface area contributed by atoms with E-state index < -0.39 is 0 Å². The van der Waals surface area contributed by atoms with Crippen molar-refractivity contribution in [1.29, 1.82) is 0 Å². The predicted molar refractivity (Wildman–Crippen MR) is 47.5 cm³/mol. The Morgan fingerprint density at radius 1 is 1.27 bits per heavy atom. The maximum atomic E-state index is 4.10. The lowest BCUT2D eigenvalue weighted by molar-refractivity contribution is 0.663. The van der Waals surface area contributed by atoms with Gasteiger partial charge in [0.05, 0.1) is 11.9 Å². The van der Waals surface area contributed by atoms with Crippen molar-refractivity contribution >= 4 is 6.34 Å². The highest BCUT2D eigenvalue weighted by Crippen LogP contribution is 2.11. The van der Waals surface area contributed by atoms with Crippen LogP contribution in [0.2, 0.25) is 0 Å². The zero-order chi connectivity index (χ0) is 7.94. The van der Waals surface area contributed by atoms with E-state index in [1.807, 2.05) is 6.20 Å². The molecule has 1 heterocycles. The lowest BCUT2D eigenvalue weighted by atomic mass is 10.1. The van der Waals surface area contributed by atoms with Gasteiger partial charge >= 0.3 is 0 Å². The molecule has 0 amide bonds. The number of hydrogen-bond acceptors (Lipinski definition) is 1. The Bertz CT molecular complexity index is 159. The first-order valence-electron chi connectivity index (χ1n) is 4.35. The smallest absolute Gasteiger partial charge is 0.115 e. The summed E-state index contributed by atoms with van der Waals surface area (Å²) in [5.74, 6) is 0. The van der Waals surface area contributed by atoms with Gasteiger partial charge in [-0.3, -0.25) is 0 Å². The Morgan fingerprint density at radius 2 is 2.18 bits per heavy atom. The highest BCUT2D eigenvalue weighted by atomic mass is 15.0. The van der Waals surface area contributed by atoms with Crippen LogP contribution < -0.4 is 5.32 Å². The summed E-state index contributed by atoms with van der Waals surface area (Å²) in [7, 11) is 0. The summed E-state index contributed by atoms with van der Waals surface area (Å²) in [6, 6.07) is 0. The third-order valence-electron chi connectivity index (χ3n) is 1.80. The second-order valence-electron chi connectivity index (χ2n) is 2.82. The van der Waals surface area contributed by atoms with E-state index in [0.29, 0.717) is 0 Å². The topological polar surface area (TPSA) is 26.5 Å². The van der Waals surface area contributed by atoms with Gasteiger partial charge in [-0.25, -0.2) is 10.3 Å². The molecule has 0 aliphatic carbocycles. The van der Waals surface area contributed by atoms with E-state index in [2.05, 4.69) is 17.2 Å². The molecular formula is C9H15N2. The number of allylic oxidation sites excluding steroid dienone is 1. The van der Waals surface area contributed by atoms with Crippen molar-refractivity contribution in [2.24, 2.45) is 4.99 Å². The van der Waals surface area contributed by atoms with Crippen molar-refractivity contribution in [3.05, 3.63) is 11.9 Å². The SMILES string of the molecule is CCCCCCC1=C[N]C=N1. The first-order valence-corrected chi connectivity index (χ1v) is 4.35. The van der Waals surface area contributed by atoms with Gasteiger partial charge in [0.2, 0.25) is 0 Å². The van der Waals surface area contributed by atoms with Crippen LogP contribution in [0.25, 0.3) is 0 Å². The van der Waals surface area contributed by atoms with Crippen molar-refractivity contribution in [3.8, 4) is 0 Å². The van der Waals surface area contributed by atoms with Crippen LogP contribution >= 0.6 is 0 Å². The first-order chi connectivity index (χ1) is 5.43. The average molecular weight is 151 g/mol. The largest absolute Gasteiger partial charge is 0.243 e. The highest BCUT2D eigenvalue weighted by molar-refractivity contribution is 5.60. The number of hydrogen-bond donors (Lipinski definition) is 0. The molecule has 0 saturated heterocycles. The summed E-state index contributed by atoms with van der Waals surface area (Å²) < 4.78 is 0. The second-order valence-corrected chi connectivity index (χ2v) is 2.82. The summed E-state index contributed by atoms with van der Waals surface area (Å²) in [4.78, 5) is 4.10. The zero-order valence-corrected chi connectivity index (χ0v) is 7.08. The van der Waals surface area contributed by atoms with Crippen molar-refractivity contribution in [2.45, 2.75) is 39.0 Å². The van der Waals surface area contributed by atoms with Crippen molar-refractivity contribution in [1.82, 2.24) is 5.32 Å². The minimum absolute atomic E-state index is 1.10. The van der Waals surface area contributed by atoms with E-state index in [1.165, 1.54) is 25.7 Å². The molecule has 11 heavy (non-hydrogen) atoms. The molecule has 0 saturated carbocycles. The van der Waals surface area contributed by atoms with Crippen molar-refractivity contribution in [3.63, 3.8) is 0 Å². The summed E-state index contributed by atoms with van der Waals surface area (Å²) in [5.41, 5.74) is 1.14. The van der Waals surface area contributed by atoms with E-state index in [9.17, 15) is 0 Å². The Balaban J connectivity index is 1.99. The second kappa shape index (κ2) is 4.94. The number of unbranched alkanes of at least 4 members (excludes halogenated alkanes) is 3. The quantitative estimate of drug-likeness (QED) is 0.539. The van der Waals surface area contributed by atoms with Crippen molar-refractivity contribution < 1.29 is 0 Å². The Labute approximate surface area is 68.4 Å². The van der Waals surface area contributed by atoms with Gasteiger partial charge < -0.3 is 0 Å². The lowest BCUT2D eigenvalue weighted by Gasteiger charge is -1.96. The van der Waals surface area contributed by atoms with Gasteiger partial charge in [0.15, 0.2) is 0 Å². The fourth-order valence-corrected chi connectivity index (χ4v) is 1.12. The fraction of sp³-hybridized carbons (Fsp3) is 0.667. The van der Waals surface area contributed by atoms with Gasteiger partial charge in [0.1, 0.15) is 6.34 Å². The Hall–Kier alpha value is -0.790. The predicted octanol–water partition coefficient (Wildman–Crippen LogP) is 2.44. The van der Waals surface area contributed by atoms with Crippen LogP contribution in [0, 0.1) is 0 Å². The summed E-state index contributed by atoms with van der Waals surface area (Å²) >= 11 is 0. The minimum atomic E-state index is 1.10. The molecule has 61 valence electrons. The van der Waals surface area contributed by atoms with Gasteiger partial charge in [-0.2, -0.15) is 0 Å². The van der Waals surface area contributed by atoms with Gasteiger partial charge in [-0.1, -0.05) is 26.2 Å². The average Bonchev–Trinajstić information content (AvgIpc) is 2.50. The van der Waals surface area contributed by atoms with Crippen LogP contribution in [-0.2, 0) is 0 Å². The molecule has 0 N–H and O–H groups in total. The van der Waals surface area contributed by atoms with E-state index in [-0.39, 0.29) is 0 Å². The third-order valence-corrected chi connectivity index (χ3v) is 1.80. The Morgan fingerprint density at radius 3 is 2.82 bits per heavy atom. The fourth-order valence-electron chi connectivity index (χ4n) is 1.12. The van der Waals surface area contributed by atoms with E-state index >= 15 is 0 Å². The number of rotatable bonds is 5. The van der Waals surface area contributed by atoms with Crippen LogP contribution in [0.5, 0.6) is 0 Å². The van der Waals surface area contributed by atoms with Crippen LogP contribution in [0.1, 0.15) is 39.0 Å².